The summed E-state index contributed by atoms with van der Waals surface area (Å²) in [4.78, 5) is 30.3. The summed E-state index contributed by atoms with van der Waals surface area (Å²) in [7, 11) is 0. The van der Waals surface area contributed by atoms with Crippen molar-refractivity contribution >= 4 is 29.1 Å². The summed E-state index contributed by atoms with van der Waals surface area (Å²) >= 11 is 5.98. The fourth-order valence-electron chi connectivity index (χ4n) is 2.84. The summed E-state index contributed by atoms with van der Waals surface area (Å²) < 4.78 is 0. The van der Waals surface area contributed by atoms with Crippen molar-refractivity contribution in [2.24, 2.45) is 5.92 Å². The van der Waals surface area contributed by atoms with Gasteiger partial charge in [0, 0.05) is 36.1 Å². The minimum absolute atomic E-state index is 0.0611. The lowest BCUT2D eigenvalue weighted by Gasteiger charge is -2.19. The fourth-order valence-corrected chi connectivity index (χ4v) is 3.03. The number of halogens is 1. The Kier molecular flexibility index (Phi) is 4.81. The van der Waals surface area contributed by atoms with Gasteiger partial charge in [0.05, 0.1) is 12.0 Å². The maximum absolute atomic E-state index is 12.5. The van der Waals surface area contributed by atoms with E-state index in [9.17, 15) is 9.59 Å². The van der Waals surface area contributed by atoms with Crippen molar-refractivity contribution in [3.8, 4) is 0 Å². The Balaban J connectivity index is 1.66. The number of benzene rings is 1. The van der Waals surface area contributed by atoms with E-state index in [1.165, 1.54) is 0 Å². The summed E-state index contributed by atoms with van der Waals surface area (Å²) in [5.74, 6) is -0.535. The van der Waals surface area contributed by atoms with Crippen LogP contribution >= 0.6 is 11.6 Å². The largest absolute Gasteiger partial charge is 0.349 e. The molecule has 0 bridgehead atoms. The highest BCUT2D eigenvalue weighted by Crippen LogP contribution is 2.27. The maximum Gasteiger partial charge on any atom is 0.227 e. The minimum Gasteiger partial charge on any atom is -0.349 e. The molecule has 0 radical (unpaired) electrons. The van der Waals surface area contributed by atoms with Crippen molar-refractivity contribution in [2.75, 3.05) is 11.4 Å². The van der Waals surface area contributed by atoms with E-state index in [2.05, 4.69) is 10.3 Å². The Hall–Kier alpha value is -2.40. The van der Waals surface area contributed by atoms with Gasteiger partial charge in [-0.25, -0.2) is 0 Å². The SMILES string of the molecule is C[C@H](NC(=O)[C@H]1CC(=O)N(c2cccc(Cl)c2)C1)c1ccncc1. The number of amides is 2. The summed E-state index contributed by atoms with van der Waals surface area (Å²) in [6.07, 6.45) is 3.59. The van der Waals surface area contributed by atoms with Gasteiger partial charge >= 0.3 is 0 Å². The van der Waals surface area contributed by atoms with E-state index in [1.807, 2.05) is 25.1 Å². The van der Waals surface area contributed by atoms with Crippen LogP contribution in [0.3, 0.4) is 0 Å². The van der Waals surface area contributed by atoms with Crippen molar-refractivity contribution in [3.63, 3.8) is 0 Å². The predicted octanol–water partition coefficient (Wildman–Crippen LogP) is 2.97. The molecule has 1 aliphatic heterocycles. The molecule has 0 saturated carbocycles. The lowest BCUT2D eigenvalue weighted by molar-refractivity contribution is -0.126. The van der Waals surface area contributed by atoms with Gasteiger partial charge in [-0.3, -0.25) is 14.6 Å². The van der Waals surface area contributed by atoms with Gasteiger partial charge in [-0.05, 0) is 42.8 Å². The molecule has 0 aliphatic carbocycles. The molecule has 2 amide bonds. The second-order valence-electron chi connectivity index (χ2n) is 5.90. The number of rotatable bonds is 4. The number of nitrogens with one attached hydrogen (secondary N) is 1. The van der Waals surface area contributed by atoms with Gasteiger partial charge in [0.2, 0.25) is 11.8 Å². The Morgan fingerprint density at radius 2 is 2.08 bits per heavy atom. The molecule has 6 heteroatoms. The summed E-state index contributed by atoms with van der Waals surface area (Å²) in [6, 6.07) is 10.7. The second-order valence-corrected chi connectivity index (χ2v) is 6.33. The van der Waals surface area contributed by atoms with Gasteiger partial charge in [0.25, 0.3) is 0 Å². The smallest absolute Gasteiger partial charge is 0.227 e. The molecule has 124 valence electrons. The monoisotopic (exact) mass is 343 g/mol. The average Bonchev–Trinajstić information content (AvgIpc) is 2.97. The first-order valence-electron chi connectivity index (χ1n) is 7.81. The van der Waals surface area contributed by atoms with E-state index in [0.29, 0.717) is 11.6 Å². The van der Waals surface area contributed by atoms with Crippen LogP contribution in [0.5, 0.6) is 0 Å². The van der Waals surface area contributed by atoms with Gasteiger partial charge in [0.1, 0.15) is 0 Å². The Morgan fingerprint density at radius 1 is 1.33 bits per heavy atom. The second kappa shape index (κ2) is 7.01. The maximum atomic E-state index is 12.5. The number of carbonyl (C=O) groups is 2. The summed E-state index contributed by atoms with van der Waals surface area (Å²) in [6.45, 7) is 2.28. The van der Waals surface area contributed by atoms with Gasteiger partial charge in [-0.15, -0.1) is 0 Å². The highest BCUT2D eigenvalue weighted by atomic mass is 35.5. The Bertz CT molecular complexity index is 751. The highest BCUT2D eigenvalue weighted by molar-refractivity contribution is 6.30. The lowest BCUT2D eigenvalue weighted by Crippen LogP contribution is -2.34. The normalized spacial score (nSPS) is 18.5. The molecule has 1 N–H and O–H groups in total. The standard InChI is InChI=1S/C18H18ClN3O2/c1-12(13-5-7-20-8-6-13)21-18(24)14-9-17(23)22(11-14)16-4-2-3-15(19)10-16/h2-8,10,12,14H,9,11H2,1H3,(H,21,24)/t12-,14-/m0/s1. The molecular weight excluding hydrogens is 326 g/mol. The third kappa shape index (κ3) is 3.57. The first-order valence-corrected chi connectivity index (χ1v) is 8.18. The van der Waals surface area contributed by atoms with Crippen LogP contribution in [0.4, 0.5) is 5.69 Å². The molecule has 3 rings (SSSR count). The molecule has 1 aromatic heterocycles. The van der Waals surface area contributed by atoms with Crippen LogP contribution in [0, 0.1) is 5.92 Å². The third-order valence-electron chi connectivity index (χ3n) is 4.18. The lowest BCUT2D eigenvalue weighted by atomic mass is 10.1. The van der Waals surface area contributed by atoms with E-state index in [-0.39, 0.29) is 30.2 Å². The zero-order valence-electron chi connectivity index (χ0n) is 13.3. The fraction of sp³-hybridized carbons (Fsp3) is 0.278. The molecule has 2 atom stereocenters. The number of anilines is 1. The quantitative estimate of drug-likeness (QED) is 0.928. The van der Waals surface area contributed by atoms with Crippen LogP contribution in [0.2, 0.25) is 5.02 Å². The molecule has 0 spiro atoms. The average molecular weight is 344 g/mol. The Morgan fingerprint density at radius 3 is 2.79 bits per heavy atom. The number of hydrogen-bond acceptors (Lipinski definition) is 3. The Labute approximate surface area is 145 Å². The topological polar surface area (TPSA) is 62.3 Å². The van der Waals surface area contributed by atoms with Crippen LogP contribution in [0.15, 0.2) is 48.8 Å². The molecule has 2 aromatic rings. The highest BCUT2D eigenvalue weighted by Gasteiger charge is 2.35. The summed E-state index contributed by atoms with van der Waals surface area (Å²) in [5.41, 5.74) is 1.71. The van der Waals surface area contributed by atoms with E-state index < -0.39 is 0 Å². The van der Waals surface area contributed by atoms with Crippen LogP contribution < -0.4 is 10.2 Å². The van der Waals surface area contributed by atoms with Crippen LogP contribution in [0.1, 0.15) is 24.9 Å². The molecule has 1 aliphatic rings. The molecule has 1 fully saturated rings. The number of aromatic nitrogens is 1. The van der Waals surface area contributed by atoms with Gasteiger partial charge in [-0.1, -0.05) is 17.7 Å². The van der Waals surface area contributed by atoms with Crippen LogP contribution in [-0.2, 0) is 9.59 Å². The van der Waals surface area contributed by atoms with Crippen molar-refractivity contribution in [2.45, 2.75) is 19.4 Å². The number of nitrogens with zero attached hydrogens (tertiary/aromatic N) is 2. The molecule has 1 aromatic carbocycles. The predicted molar refractivity (Wildman–Crippen MR) is 92.7 cm³/mol. The van der Waals surface area contributed by atoms with Gasteiger partial charge in [-0.2, -0.15) is 0 Å². The van der Waals surface area contributed by atoms with Crippen molar-refractivity contribution in [1.82, 2.24) is 10.3 Å². The van der Waals surface area contributed by atoms with Gasteiger partial charge < -0.3 is 10.2 Å². The number of pyridine rings is 1. The van der Waals surface area contributed by atoms with E-state index in [1.54, 1.807) is 35.5 Å². The first-order chi connectivity index (χ1) is 11.5. The zero-order chi connectivity index (χ0) is 17.1. The van der Waals surface area contributed by atoms with Crippen LogP contribution in [0.25, 0.3) is 0 Å². The number of hydrogen-bond donors (Lipinski definition) is 1. The number of carbonyl (C=O) groups excluding carboxylic acids is 2. The van der Waals surface area contributed by atoms with Crippen molar-refractivity contribution < 1.29 is 9.59 Å². The molecule has 5 nitrogen and oxygen atoms in total. The van der Waals surface area contributed by atoms with Crippen LogP contribution in [-0.4, -0.2) is 23.3 Å². The third-order valence-corrected chi connectivity index (χ3v) is 4.42. The van der Waals surface area contributed by atoms with Crippen molar-refractivity contribution in [3.05, 3.63) is 59.4 Å². The van der Waals surface area contributed by atoms with E-state index in [4.69, 9.17) is 11.6 Å². The zero-order valence-corrected chi connectivity index (χ0v) is 14.0. The molecular formula is C18H18ClN3O2. The van der Waals surface area contributed by atoms with E-state index >= 15 is 0 Å². The summed E-state index contributed by atoms with van der Waals surface area (Å²) in [5, 5.41) is 3.54. The van der Waals surface area contributed by atoms with E-state index in [0.717, 1.165) is 11.3 Å². The van der Waals surface area contributed by atoms with Gasteiger partial charge in [0.15, 0.2) is 0 Å². The molecule has 0 unspecified atom stereocenters. The molecule has 24 heavy (non-hydrogen) atoms. The first kappa shape index (κ1) is 16.5. The molecule has 1 saturated heterocycles. The van der Waals surface area contributed by atoms with Crippen molar-refractivity contribution in [1.29, 1.82) is 0 Å². The molecule has 2 heterocycles. The minimum atomic E-state index is -0.360.